The first-order valence-corrected chi connectivity index (χ1v) is 8.56. The molecule has 0 bridgehead atoms. The molecule has 4 atom stereocenters. The van der Waals surface area contributed by atoms with Crippen LogP contribution in [0.4, 0.5) is 0 Å². The summed E-state index contributed by atoms with van der Waals surface area (Å²) in [6, 6.07) is 5.99. The van der Waals surface area contributed by atoms with Crippen LogP contribution in [0.15, 0.2) is 29.2 Å². The fraction of sp³-hybridized carbons (Fsp3) is 0.467. The van der Waals surface area contributed by atoms with Gasteiger partial charge in [-0.1, -0.05) is 17.7 Å². The molecule has 0 spiro atoms. The maximum Gasteiger partial charge on any atom is 0.307 e. The van der Waals surface area contributed by atoms with Gasteiger partial charge < -0.3 is 10.2 Å². The van der Waals surface area contributed by atoms with Gasteiger partial charge in [-0.2, -0.15) is 8.42 Å². The van der Waals surface area contributed by atoms with Crippen molar-refractivity contribution in [2.24, 2.45) is 23.7 Å². The predicted molar refractivity (Wildman–Crippen MR) is 79.5 cm³/mol. The minimum absolute atomic E-state index is 0.0666. The molecule has 0 amide bonds. The van der Waals surface area contributed by atoms with Gasteiger partial charge in [-0.15, -0.1) is 0 Å². The van der Waals surface area contributed by atoms with Crippen LogP contribution in [-0.4, -0.2) is 35.1 Å². The molecule has 4 unspecified atom stereocenters. The van der Waals surface area contributed by atoms with Crippen molar-refractivity contribution in [3.8, 4) is 0 Å². The molecule has 3 rings (SSSR count). The number of hydrogen-bond donors (Lipinski definition) is 3. The van der Waals surface area contributed by atoms with Gasteiger partial charge in [-0.25, -0.2) is 0 Å². The Morgan fingerprint density at radius 1 is 1.04 bits per heavy atom. The molecular formula is C15H18O7S. The summed E-state index contributed by atoms with van der Waals surface area (Å²) in [5.41, 5.74) is 0.956. The number of fused-ring (bicyclic) bond motifs is 1. The maximum atomic E-state index is 10.6. The van der Waals surface area contributed by atoms with E-state index in [1.54, 1.807) is 12.1 Å². The monoisotopic (exact) mass is 342 g/mol. The van der Waals surface area contributed by atoms with Gasteiger partial charge in [-0.3, -0.25) is 14.1 Å². The minimum Gasteiger partial charge on any atom is -0.481 e. The second-order valence-electron chi connectivity index (χ2n) is 5.92. The second-order valence-corrected chi connectivity index (χ2v) is 7.34. The molecule has 0 saturated heterocycles. The predicted octanol–water partition coefficient (Wildman–Crippen LogP) is 1.67. The molecule has 0 aromatic heterocycles. The molecule has 126 valence electrons. The van der Waals surface area contributed by atoms with Crippen LogP contribution < -0.4 is 0 Å². The quantitative estimate of drug-likeness (QED) is 0.712. The SMILES string of the molecule is Cc1ccc(S(=O)(=O)O)cc1.O=C(O)C1CCC2C(C(=O)O)C12. The van der Waals surface area contributed by atoms with Crippen LogP contribution in [0.25, 0.3) is 0 Å². The van der Waals surface area contributed by atoms with Gasteiger partial charge in [0.1, 0.15) is 0 Å². The van der Waals surface area contributed by atoms with Gasteiger partial charge in [-0.05, 0) is 43.7 Å². The average Bonchev–Trinajstić information content (AvgIpc) is 2.99. The third kappa shape index (κ3) is 3.89. The highest BCUT2D eigenvalue weighted by Gasteiger charge is 2.63. The molecule has 7 nitrogen and oxygen atoms in total. The van der Waals surface area contributed by atoms with E-state index in [1.165, 1.54) is 12.1 Å². The zero-order valence-corrected chi connectivity index (χ0v) is 13.2. The molecule has 3 N–H and O–H groups in total. The van der Waals surface area contributed by atoms with E-state index >= 15 is 0 Å². The molecule has 0 aliphatic heterocycles. The lowest BCUT2D eigenvalue weighted by Gasteiger charge is -2.05. The maximum absolute atomic E-state index is 10.6. The van der Waals surface area contributed by atoms with Crippen LogP contribution >= 0.6 is 0 Å². The molecule has 23 heavy (non-hydrogen) atoms. The number of aryl methyl sites for hydroxylation is 1. The summed E-state index contributed by atoms with van der Waals surface area (Å²) in [4.78, 5) is 21.1. The third-order valence-electron chi connectivity index (χ3n) is 4.43. The number of carboxylic acid groups (broad SMARTS) is 2. The lowest BCUT2D eigenvalue weighted by atomic mass is 10.0. The van der Waals surface area contributed by atoms with Crippen molar-refractivity contribution in [2.45, 2.75) is 24.7 Å². The zero-order valence-electron chi connectivity index (χ0n) is 12.4. The Morgan fingerprint density at radius 3 is 2.00 bits per heavy atom. The van der Waals surface area contributed by atoms with Crippen LogP contribution in [0.2, 0.25) is 0 Å². The first-order valence-electron chi connectivity index (χ1n) is 7.12. The van der Waals surface area contributed by atoms with Crippen molar-refractivity contribution in [1.29, 1.82) is 0 Å². The van der Waals surface area contributed by atoms with E-state index in [4.69, 9.17) is 14.8 Å². The van der Waals surface area contributed by atoms with E-state index in [0.29, 0.717) is 6.42 Å². The van der Waals surface area contributed by atoms with E-state index in [9.17, 15) is 18.0 Å². The molecule has 8 heteroatoms. The number of carboxylic acids is 2. The Hall–Kier alpha value is -1.93. The number of aliphatic carboxylic acids is 2. The highest BCUT2D eigenvalue weighted by Crippen LogP contribution is 2.60. The van der Waals surface area contributed by atoms with Gasteiger partial charge in [0.25, 0.3) is 10.1 Å². The summed E-state index contributed by atoms with van der Waals surface area (Å²) < 4.78 is 29.6. The highest BCUT2D eigenvalue weighted by molar-refractivity contribution is 7.85. The average molecular weight is 342 g/mol. The molecule has 2 aliphatic carbocycles. The van der Waals surface area contributed by atoms with E-state index in [0.717, 1.165) is 12.0 Å². The molecule has 0 radical (unpaired) electrons. The van der Waals surface area contributed by atoms with E-state index < -0.39 is 28.0 Å². The summed E-state index contributed by atoms with van der Waals surface area (Å²) >= 11 is 0. The standard InChI is InChI=1S/C8H10O4.C7H8O3S/c9-7(10)4-2-1-3-5(4)6(3)8(11)12;1-6-2-4-7(5-3-6)11(8,9)10/h3-6H,1-2H2,(H,9,10)(H,11,12);2-5H,1H3,(H,8,9,10). The summed E-state index contributed by atoms with van der Waals surface area (Å²) in [6.07, 6.45) is 1.44. The fourth-order valence-corrected chi connectivity index (χ4v) is 3.71. The Morgan fingerprint density at radius 2 is 1.61 bits per heavy atom. The van der Waals surface area contributed by atoms with E-state index in [2.05, 4.69) is 0 Å². The molecule has 1 aromatic rings. The van der Waals surface area contributed by atoms with Crippen LogP contribution in [0.1, 0.15) is 18.4 Å². The Bertz CT molecular complexity index is 708. The van der Waals surface area contributed by atoms with Crippen molar-refractivity contribution in [1.82, 2.24) is 0 Å². The van der Waals surface area contributed by atoms with Crippen LogP contribution in [-0.2, 0) is 19.7 Å². The summed E-state index contributed by atoms with van der Waals surface area (Å²) in [5, 5.41) is 17.4. The largest absolute Gasteiger partial charge is 0.481 e. The Kier molecular flexibility index (Phi) is 4.76. The van der Waals surface area contributed by atoms with Gasteiger partial charge in [0.15, 0.2) is 0 Å². The molecular weight excluding hydrogens is 324 g/mol. The summed E-state index contributed by atoms with van der Waals surface area (Å²) in [5.74, 6) is -2.32. The van der Waals surface area contributed by atoms with Gasteiger partial charge >= 0.3 is 11.9 Å². The van der Waals surface area contributed by atoms with Gasteiger partial charge in [0.2, 0.25) is 0 Å². The molecule has 2 fully saturated rings. The second kappa shape index (κ2) is 6.29. The van der Waals surface area contributed by atoms with Gasteiger partial charge in [0, 0.05) is 0 Å². The number of benzene rings is 1. The number of hydrogen-bond acceptors (Lipinski definition) is 4. The van der Waals surface area contributed by atoms with Crippen molar-refractivity contribution < 1.29 is 32.8 Å². The first-order chi connectivity index (χ1) is 10.6. The van der Waals surface area contributed by atoms with Crippen LogP contribution in [0.3, 0.4) is 0 Å². The molecule has 1 aromatic carbocycles. The number of rotatable bonds is 3. The van der Waals surface area contributed by atoms with Crippen molar-refractivity contribution >= 4 is 22.1 Å². The summed E-state index contributed by atoms with van der Waals surface area (Å²) in [7, 11) is -4.02. The molecule has 2 saturated carbocycles. The van der Waals surface area contributed by atoms with Crippen LogP contribution in [0, 0.1) is 30.6 Å². The lowest BCUT2D eigenvalue weighted by Crippen LogP contribution is -2.17. The van der Waals surface area contributed by atoms with E-state index in [1.807, 2.05) is 6.92 Å². The fourth-order valence-electron chi connectivity index (χ4n) is 3.23. The molecule has 2 aliphatic rings. The lowest BCUT2D eigenvalue weighted by molar-refractivity contribution is -0.143. The van der Waals surface area contributed by atoms with Crippen molar-refractivity contribution in [2.75, 3.05) is 0 Å². The summed E-state index contributed by atoms with van der Waals surface area (Å²) in [6.45, 7) is 1.84. The number of carbonyl (C=O) groups is 2. The smallest absolute Gasteiger partial charge is 0.307 e. The van der Waals surface area contributed by atoms with Gasteiger partial charge in [0.05, 0.1) is 16.7 Å². The van der Waals surface area contributed by atoms with Crippen molar-refractivity contribution in [3.63, 3.8) is 0 Å². The van der Waals surface area contributed by atoms with E-state index in [-0.39, 0.29) is 22.6 Å². The third-order valence-corrected chi connectivity index (χ3v) is 5.29. The van der Waals surface area contributed by atoms with Crippen LogP contribution in [0.5, 0.6) is 0 Å². The normalized spacial score (nSPS) is 28.3. The Balaban J connectivity index is 0.000000168. The first kappa shape index (κ1) is 17.4. The Labute approximate surface area is 133 Å². The highest BCUT2D eigenvalue weighted by atomic mass is 32.2. The molecule has 0 heterocycles. The topological polar surface area (TPSA) is 129 Å². The minimum atomic E-state index is -4.02. The van der Waals surface area contributed by atoms with Crippen molar-refractivity contribution in [3.05, 3.63) is 29.8 Å². The zero-order chi connectivity index (χ0) is 17.4.